The summed E-state index contributed by atoms with van der Waals surface area (Å²) in [6.45, 7) is 3.72. The van der Waals surface area contributed by atoms with Crippen molar-refractivity contribution in [3.63, 3.8) is 0 Å². The first-order valence-corrected chi connectivity index (χ1v) is 8.64. The van der Waals surface area contributed by atoms with Crippen LogP contribution in [0.2, 0.25) is 0 Å². The lowest BCUT2D eigenvalue weighted by Gasteiger charge is -2.20. The van der Waals surface area contributed by atoms with Crippen molar-refractivity contribution in [1.29, 1.82) is 0 Å². The van der Waals surface area contributed by atoms with Crippen molar-refractivity contribution in [2.75, 3.05) is 19.0 Å². The highest BCUT2D eigenvalue weighted by atomic mass is 35.5. The Morgan fingerprint density at radius 3 is 2.84 bits per heavy atom. The molecule has 1 aliphatic rings. The summed E-state index contributed by atoms with van der Waals surface area (Å²) in [4.78, 5) is 0.270. The van der Waals surface area contributed by atoms with Gasteiger partial charge in [-0.15, -0.1) is 11.6 Å². The molecule has 1 fully saturated rings. The number of nitrogens with zero attached hydrogens (tertiary/aromatic N) is 3. The van der Waals surface area contributed by atoms with Crippen LogP contribution in [0, 0.1) is 5.92 Å². The van der Waals surface area contributed by atoms with Gasteiger partial charge < -0.3 is 0 Å². The second kappa shape index (κ2) is 6.24. The Balaban J connectivity index is 2.16. The normalized spacial score (nSPS) is 16.2. The molecule has 1 aliphatic carbocycles. The Bertz CT molecular complexity index is 511. The third-order valence-corrected chi connectivity index (χ3v) is 5.18. The SMILES string of the molecule is CCCN(CC1CC1)S(=O)(=O)c1cnn(CCCl)c1. The van der Waals surface area contributed by atoms with Crippen LogP contribution in [0.4, 0.5) is 0 Å². The highest BCUT2D eigenvalue weighted by Crippen LogP contribution is 2.31. The zero-order valence-corrected chi connectivity index (χ0v) is 12.7. The first kappa shape index (κ1) is 14.8. The van der Waals surface area contributed by atoms with Gasteiger partial charge in [-0.3, -0.25) is 4.68 Å². The van der Waals surface area contributed by atoms with Gasteiger partial charge in [-0.2, -0.15) is 9.40 Å². The lowest BCUT2D eigenvalue weighted by Crippen LogP contribution is -2.33. The molecule has 0 aliphatic heterocycles. The summed E-state index contributed by atoms with van der Waals surface area (Å²) in [5.74, 6) is 0.960. The van der Waals surface area contributed by atoms with Gasteiger partial charge >= 0.3 is 0 Å². The zero-order valence-electron chi connectivity index (χ0n) is 11.1. The molecule has 0 unspecified atom stereocenters. The largest absolute Gasteiger partial charge is 0.270 e. The molecule has 1 saturated carbocycles. The fourth-order valence-electron chi connectivity index (χ4n) is 1.98. The number of halogens is 1. The van der Waals surface area contributed by atoms with Gasteiger partial charge in [0.2, 0.25) is 10.0 Å². The number of alkyl halides is 1. The first-order valence-electron chi connectivity index (χ1n) is 6.66. The minimum Gasteiger partial charge on any atom is -0.270 e. The van der Waals surface area contributed by atoms with E-state index < -0.39 is 10.0 Å². The minimum atomic E-state index is -3.41. The topological polar surface area (TPSA) is 55.2 Å². The van der Waals surface area contributed by atoms with Gasteiger partial charge in [0.1, 0.15) is 4.90 Å². The Morgan fingerprint density at radius 1 is 1.53 bits per heavy atom. The fraction of sp³-hybridized carbons (Fsp3) is 0.750. The van der Waals surface area contributed by atoms with Crippen molar-refractivity contribution in [3.8, 4) is 0 Å². The number of aromatic nitrogens is 2. The van der Waals surface area contributed by atoms with Crippen LogP contribution in [0.3, 0.4) is 0 Å². The summed E-state index contributed by atoms with van der Waals surface area (Å²) >= 11 is 5.63. The van der Waals surface area contributed by atoms with Gasteiger partial charge in [0.05, 0.1) is 12.7 Å². The van der Waals surface area contributed by atoms with Crippen LogP contribution in [0.15, 0.2) is 17.3 Å². The molecule has 19 heavy (non-hydrogen) atoms. The van der Waals surface area contributed by atoms with Crippen molar-refractivity contribution in [2.24, 2.45) is 5.92 Å². The van der Waals surface area contributed by atoms with Crippen molar-refractivity contribution in [2.45, 2.75) is 37.6 Å². The van der Waals surface area contributed by atoms with Crippen LogP contribution < -0.4 is 0 Å². The van der Waals surface area contributed by atoms with Crippen LogP contribution in [0.25, 0.3) is 0 Å². The van der Waals surface area contributed by atoms with E-state index in [4.69, 9.17) is 11.6 Å². The minimum absolute atomic E-state index is 0.270. The molecule has 0 N–H and O–H groups in total. The summed E-state index contributed by atoms with van der Waals surface area (Å²) < 4.78 is 28.2. The molecule has 0 aromatic carbocycles. The molecule has 5 nitrogen and oxygen atoms in total. The van der Waals surface area contributed by atoms with Crippen LogP contribution in [0.5, 0.6) is 0 Å². The smallest absolute Gasteiger partial charge is 0.246 e. The summed E-state index contributed by atoms with van der Waals surface area (Å²) in [5, 5.41) is 4.04. The van der Waals surface area contributed by atoms with Crippen molar-refractivity contribution < 1.29 is 8.42 Å². The molecule has 1 aromatic heterocycles. The number of rotatable bonds is 8. The summed E-state index contributed by atoms with van der Waals surface area (Å²) in [6, 6.07) is 0. The van der Waals surface area contributed by atoms with Crippen LogP contribution >= 0.6 is 11.6 Å². The number of aryl methyl sites for hydroxylation is 1. The third kappa shape index (κ3) is 3.70. The highest BCUT2D eigenvalue weighted by molar-refractivity contribution is 7.89. The van der Waals surface area contributed by atoms with Gasteiger partial charge in [0, 0.05) is 25.2 Å². The molecule has 7 heteroatoms. The van der Waals surface area contributed by atoms with E-state index in [1.54, 1.807) is 15.2 Å². The summed E-state index contributed by atoms with van der Waals surface area (Å²) in [6.07, 6.45) is 6.08. The van der Waals surface area contributed by atoms with Crippen molar-refractivity contribution in [3.05, 3.63) is 12.4 Å². The second-order valence-corrected chi connectivity index (χ2v) is 7.25. The van der Waals surface area contributed by atoms with Crippen LogP contribution in [0.1, 0.15) is 26.2 Å². The van der Waals surface area contributed by atoms with E-state index in [0.717, 1.165) is 19.3 Å². The second-order valence-electron chi connectivity index (χ2n) is 4.93. The van der Waals surface area contributed by atoms with Gasteiger partial charge in [-0.05, 0) is 25.2 Å². The molecule has 2 rings (SSSR count). The molecule has 0 spiro atoms. The van der Waals surface area contributed by atoms with E-state index >= 15 is 0 Å². The van der Waals surface area contributed by atoms with Gasteiger partial charge in [-0.25, -0.2) is 8.42 Å². The Labute approximate surface area is 119 Å². The van der Waals surface area contributed by atoms with E-state index in [2.05, 4.69) is 5.10 Å². The average molecular weight is 306 g/mol. The molecular weight excluding hydrogens is 286 g/mol. The van der Waals surface area contributed by atoms with E-state index in [0.29, 0.717) is 31.4 Å². The summed E-state index contributed by atoms with van der Waals surface area (Å²) in [7, 11) is -3.41. The van der Waals surface area contributed by atoms with Crippen molar-refractivity contribution in [1.82, 2.24) is 14.1 Å². The molecule has 0 saturated heterocycles. The predicted octanol–water partition coefficient (Wildman–Crippen LogP) is 1.93. The van der Waals surface area contributed by atoms with E-state index in [1.165, 1.54) is 6.20 Å². The van der Waals surface area contributed by atoms with E-state index in [9.17, 15) is 8.42 Å². The van der Waals surface area contributed by atoms with Crippen molar-refractivity contribution >= 4 is 21.6 Å². The average Bonchev–Trinajstić information content (AvgIpc) is 3.05. The number of hydrogen-bond donors (Lipinski definition) is 0. The maximum Gasteiger partial charge on any atom is 0.246 e. The summed E-state index contributed by atoms with van der Waals surface area (Å²) in [5.41, 5.74) is 0. The Hall–Kier alpha value is -0.590. The first-order chi connectivity index (χ1) is 9.07. The monoisotopic (exact) mass is 305 g/mol. The molecule has 0 bridgehead atoms. The molecular formula is C12H20ClN3O2S. The molecule has 0 amide bonds. The van der Waals surface area contributed by atoms with Gasteiger partial charge in [-0.1, -0.05) is 6.92 Å². The molecule has 1 aromatic rings. The predicted molar refractivity (Wildman–Crippen MR) is 74.7 cm³/mol. The Morgan fingerprint density at radius 2 is 2.26 bits per heavy atom. The number of hydrogen-bond acceptors (Lipinski definition) is 3. The highest BCUT2D eigenvalue weighted by Gasteiger charge is 2.31. The lowest BCUT2D eigenvalue weighted by atomic mass is 10.4. The fourth-order valence-corrected chi connectivity index (χ4v) is 3.72. The number of sulfonamides is 1. The molecule has 1 heterocycles. The standard InChI is InChI=1S/C12H20ClN3O2S/c1-2-6-16(9-11-3-4-11)19(17,18)12-8-14-15(10-12)7-5-13/h8,10-11H,2-7,9H2,1H3. The van der Waals surface area contributed by atoms with E-state index in [-0.39, 0.29) is 4.90 Å². The van der Waals surface area contributed by atoms with E-state index in [1.807, 2.05) is 6.92 Å². The van der Waals surface area contributed by atoms with Crippen LogP contribution in [-0.2, 0) is 16.6 Å². The van der Waals surface area contributed by atoms with Gasteiger partial charge in [0.15, 0.2) is 0 Å². The van der Waals surface area contributed by atoms with Crippen LogP contribution in [-0.4, -0.2) is 41.5 Å². The quantitative estimate of drug-likeness (QED) is 0.690. The molecule has 0 atom stereocenters. The maximum atomic E-state index is 12.5. The Kier molecular flexibility index (Phi) is 4.86. The third-order valence-electron chi connectivity index (χ3n) is 3.19. The maximum absolute atomic E-state index is 12.5. The zero-order chi connectivity index (χ0) is 13.9. The van der Waals surface area contributed by atoms with Gasteiger partial charge in [0.25, 0.3) is 0 Å². The molecule has 0 radical (unpaired) electrons. The molecule has 108 valence electrons. The lowest BCUT2D eigenvalue weighted by molar-refractivity contribution is 0.395.